The van der Waals surface area contributed by atoms with Gasteiger partial charge in [-0.2, -0.15) is 10.4 Å². The molecule has 0 aliphatic rings. The Kier molecular flexibility index (Phi) is 5.13. The lowest BCUT2D eigenvalue weighted by Crippen LogP contribution is -2.04. The first-order chi connectivity index (χ1) is 13.6. The van der Waals surface area contributed by atoms with E-state index in [4.69, 9.17) is 28.5 Å². The van der Waals surface area contributed by atoms with E-state index < -0.39 is 0 Å². The number of tetrazole rings is 1. The standard InChI is InChI=1S/C18H10BrCl2N7/c19-17-14(9-23-28(17)16-7-13(20)5-6-15(16)21)18-24-25-26-27(18)10-12-3-1-11(8-22)2-4-12/h1-7,9H,10H2. The number of hydrogen-bond acceptors (Lipinski definition) is 5. The zero-order valence-corrected chi connectivity index (χ0v) is 17.2. The average molecular weight is 475 g/mol. The summed E-state index contributed by atoms with van der Waals surface area (Å²) >= 11 is 15.9. The van der Waals surface area contributed by atoms with E-state index in [2.05, 4.69) is 42.6 Å². The van der Waals surface area contributed by atoms with Gasteiger partial charge in [0.1, 0.15) is 4.60 Å². The van der Waals surface area contributed by atoms with Crippen LogP contribution in [0.1, 0.15) is 11.1 Å². The molecule has 0 bridgehead atoms. The average Bonchev–Trinajstić information content (AvgIpc) is 3.30. The van der Waals surface area contributed by atoms with Crippen molar-refractivity contribution in [2.75, 3.05) is 0 Å². The van der Waals surface area contributed by atoms with Gasteiger partial charge in [-0.3, -0.25) is 0 Å². The molecule has 138 valence electrons. The third kappa shape index (κ3) is 3.52. The topological polar surface area (TPSA) is 85.2 Å². The van der Waals surface area contributed by atoms with Crippen LogP contribution in [0.3, 0.4) is 0 Å². The summed E-state index contributed by atoms with van der Waals surface area (Å²) in [7, 11) is 0. The first kappa shape index (κ1) is 18.6. The molecule has 2 heterocycles. The Bertz CT molecular complexity index is 1190. The Labute approximate surface area is 178 Å². The first-order valence-electron chi connectivity index (χ1n) is 8.01. The fourth-order valence-electron chi connectivity index (χ4n) is 2.66. The summed E-state index contributed by atoms with van der Waals surface area (Å²) in [4.78, 5) is 0. The second-order valence-electron chi connectivity index (χ2n) is 5.83. The summed E-state index contributed by atoms with van der Waals surface area (Å²) in [6.07, 6.45) is 1.66. The molecule has 0 aliphatic carbocycles. The van der Waals surface area contributed by atoms with Crippen LogP contribution in [0.25, 0.3) is 17.1 Å². The van der Waals surface area contributed by atoms with Crippen LogP contribution >= 0.6 is 39.1 Å². The molecule has 10 heteroatoms. The van der Waals surface area contributed by atoms with Crippen molar-refractivity contribution in [3.8, 4) is 23.1 Å². The molecule has 28 heavy (non-hydrogen) atoms. The number of nitrogens with zero attached hydrogens (tertiary/aromatic N) is 7. The lowest BCUT2D eigenvalue weighted by atomic mass is 10.1. The number of rotatable bonds is 4. The smallest absolute Gasteiger partial charge is 0.186 e. The lowest BCUT2D eigenvalue weighted by molar-refractivity contribution is 0.653. The van der Waals surface area contributed by atoms with E-state index in [0.717, 1.165) is 5.56 Å². The third-order valence-electron chi connectivity index (χ3n) is 4.04. The molecular formula is C18H10BrCl2N7. The van der Waals surface area contributed by atoms with E-state index >= 15 is 0 Å². The fourth-order valence-corrected chi connectivity index (χ4v) is 3.59. The van der Waals surface area contributed by atoms with E-state index in [1.807, 2.05) is 12.1 Å². The fraction of sp³-hybridized carbons (Fsp3) is 0.0556. The highest BCUT2D eigenvalue weighted by molar-refractivity contribution is 9.10. The zero-order valence-electron chi connectivity index (χ0n) is 14.1. The van der Waals surface area contributed by atoms with Crippen LogP contribution in [0, 0.1) is 11.3 Å². The molecule has 0 spiro atoms. The van der Waals surface area contributed by atoms with Gasteiger partial charge in [0.15, 0.2) is 5.82 Å². The lowest BCUT2D eigenvalue weighted by Gasteiger charge is -2.07. The highest BCUT2D eigenvalue weighted by atomic mass is 79.9. The Balaban J connectivity index is 1.70. The molecule has 2 aromatic carbocycles. The zero-order chi connectivity index (χ0) is 19.7. The molecule has 0 amide bonds. The number of hydrogen-bond donors (Lipinski definition) is 0. The predicted molar refractivity (Wildman–Crippen MR) is 108 cm³/mol. The summed E-state index contributed by atoms with van der Waals surface area (Å²) in [5.41, 5.74) is 2.91. The minimum absolute atomic E-state index is 0.448. The molecule has 7 nitrogen and oxygen atoms in total. The summed E-state index contributed by atoms with van der Waals surface area (Å²) in [5.74, 6) is 0.542. The molecule has 4 rings (SSSR count). The van der Waals surface area contributed by atoms with Crippen LogP contribution in [0.2, 0.25) is 10.0 Å². The highest BCUT2D eigenvalue weighted by Crippen LogP contribution is 2.32. The van der Waals surface area contributed by atoms with Gasteiger partial charge in [0.2, 0.25) is 0 Å². The van der Waals surface area contributed by atoms with Crippen LogP contribution < -0.4 is 0 Å². The van der Waals surface area contributed by atoms with Gasteiger partial charge in [-0.1, -0.05) is 35.3 Å². The van der Waals surface area contributed by atoms with Crippen LogP contribution in [0.5, 0.6) is 0 Å². The Hall–Kier alpha value is -2.73. The van der Waals surface area contributed by atoms with Gasteiger partial charge >= 0.3 is 0 Å². The molecule has 0 N–H and O–H groups in total. The van der Waals surface area contributed by atoms with Gasteiger partial charge in [0.25, 0.3) is 0 Å². The largest absolute Gasteiger partial charge is 0.224 e. The van der Waals surface area contributed by atoms with Crippen molar-refractivity contribution in [2.24, 2.45) is 0 Å². The van der Waals surface area contributed by atoms with Crippen molar-refractivity contribution >= 4 is 39.1 Å². The third-order valence-corrected chi connectivity index (χ3v) is 5.35. The SMILES string of the molecule is N#Cc1ccc(Cn2nnnc2-c2cnn(-c3cc(Cl)ccc3Cl)c2Br)cc1. The van der Waals surface area contributed by atoms with Gasteiger partial charge in [0.05, 0.1) is 40.6 Å². The molecular weight excluding hydrogens is 465 g/mol. The van der Waals surface area contributed by atoms with E-state index in [1.54, 1.807) is 45.9 Å². The van der Waals surface area contributed by atoms with E-state index in [0.29, 0.717) is 43.8 Å². The minimum atomic E-state index is 0.448. The molecule has 2 aromatic heterocycles. The molecule has 0 saturated carbocycles. The van der Waals surface area contributed by atoms with E-state index in [1.165, 1.54) is 0 Å². The molecule has 0 fully saturated rings. The van der Waals surface area contributed by atoms with Gasteiger partial charge < -0.3 is 0 Å². The summed E-state index contributed by atoms with van der Waals surface area (Å²) in [5, 5.41) is 26.4. The minimum Gasteiger partial charge on any atom is -0.224 e. The predicted octanol–water partition coefficient (Wildman–Crippen LogP) is 4.52. The van der Waals surface area contributed by atoms with Gasteiger partial charge in [-0.25, -0.2) is 9.36 Å². The monoisotopic (exact) mass is 473 g/mol. The van der Waals surface area contributed by atoms with Gasteiger partial charge in [-0.05, 0) is 62.3 Å². The summed E-state index contributed by atoms with van der Waals surface area (Å²) in [6, 6.07) is 14.5. The maximum Gasteiger partial charge on any atom is 0.186 e. The van der Waals surface area contributed by atoms with Crippen molar-refractivity contribution in [2.45, 2.75) is 6.54 Å². The molecule has 4 aromatic rings. The highest BCUT2D eigenvalue weighted by Gasteiger charge is 2.19. The van der Waals surface area contributed by atoms with E-state index in [9.17, 15) is 0 Å². The van der Waals surface area contributed by atoms with Crippen LogP contribution in [0.15, 0.2) is 53.3 Å². The maximum atomic E-state index is 8.92. The molecule has 0 saturated heterocycles. The Morgan fingerprint density at radius 2 is 1.89 bits per heavy atom. The van der Waals surface area contributed by atoms with Crippen molar-refractivity contribution in [1.82, 2.24) is 30.0 Å². The number of aromatic nitrogens is 6. The number of nitriles is 1. The first-order valence-corrected chi connectivity index (χ1v) is 9.56. The maximum absolute atomic E-state index is 8.92. The van der Waals surface area contributed by atoms with Gasteiger partial charge in [-0.15, -0.1) is 5.10 Å². The van der Waals surface area contributed by atoms with Crippen LogP contribution in [-0.4, -0.2) is 30.0 Å². The number of halogens is 3. The van der Waals surface area contributed by atoms with Crippen molar-refractivity contribution in [3.63, 3.8) is 0 Å². The molecule has 0 unspecified atom stereocenters. The quantitative estimate of drug-likeness (QED) is 0.434. The normalized spacial score (nSPS) is 10.8. The summed E-state index contributed by atoms with van der Waals surface area (Å²) < 4.78 is 3.93. The van der Waals surface area contributed by atoms with Crippen molar-refractivity contribution < 1.29 is 0 Å². The van der Waals surface area contributed by atoms with Crippen molar-refractivity contribution in [1.29, 1.82) is 5.26 Å². The van der Waals surface area contributed by atoms with E-state index in [-0.39, 0.29) is 0 Å². The van der Waals surface area contributed by atoms with Crippen LogP contribution in [0.4, 0.5) is 0 Å². The second kappa shape index (κ2) is 7.72. The summed E-state index contributed by atoms with van der Waals surface area (Å²) in [6.45, 7) is 0.448. The second-order valence-corrected chi connectivity index (χ2v) is 7.42. The van der Waals surface area contributed by atoms with Crippen molar-refractivity contribution in [3.05, 3.63) is 74.4 Å². The number of benzene rings is 2. The molecule has 0 radical (unpaired) electrons. The van der Waals surface area contributed by atoms with Crippen LogP contribution in [-0.2, 0) is 6.54 Å². The Morgan fingerprint density at radius 3 is 2.64 bits per heavy atom. The van der Waals surface area contributed by atoms with Gasteiger partial charge in [0, 0.05) is 5.02 Å². The molecule has 0 aliphatic heterocycles. The Morgan fingerprint density at radius 1 is 1.11 bits per heavy atom. The molecule has 0 atom stereocenters.